The molecule has 1 aliphatic heterocycles. The lowest BCUT2D eigenvalue weighted by atomic mass is 10.4. The standard InChI is InChI=1S/C21H44N5O11P3/c22-5-1-6-23-19(27)2-13-38(32,33)16-24-7-9-25(17-39(34,35)14-3-20(28)29)11-12-26(10-8-24)18-40(36,37)15-4-21(30)31/h1-18,22H2,(H,23,27)(H,28,29)(H,30,31)(H,32,33)(H,34,35)(H,36,37). The molecular weight excluding hydrogens is 591 g/mol. The minimum Gasteiger partial charge on any atom is -0.481 e. The monoisotopic (exact) mass is 635 g/mol. The smallest absolute Gasteiger partial charge is 0.303 e. The molecule has 0 saturated carbocycles. The molecule has 234 valence electrons. The second-order valence-electron chi connectivity index (χ2n) is 10.0. The van der Waals surface area contributed by atoms with Gasteiger partial charge >= 0.3 is 11.9 Å². The molecule has 1 amide bonds. The number of carbonyl (C=O) groups excluding carboxylic acids is 1. The van der Waals surface area contributed by atoms with Crippen molar-refractivity contribution < 1.29 is 53.0 Å². The van der Waals surface area contributed by atoms with Crippen molar-refractivity contribution in [3.05, 3.63) is 0 Å². The van der Waals surface area contributed by atoms with Crippen LogP contribution in [0.5, 0.6) is 0 Å². The van der Waals surface area contributed by atoms with Crippen molar-refractivity contribution in [2.24, 2.45) is 5.73 Å². The second-order valence-corrected chi connectivity index (χ2v) is 17.3. The summed E-state index contributed by atoms with van der Waals surface area (Å²) < 4.78 is 38.2. The average Bonchev–Trinajstić information content (AvgIpc) is 2.92. The Kier molecular flexibility index (Phi) is 16.3. The molecule has 0 radical (unpaired) electrons. The zero-order chi connectivity index (χ0) is 30.4. The first-order valence-corrected chi connectivity index (χ1v) is 19.1. The number of hydrogen-bond donors (Lipinski definition) is 7. The number of nitrogens with one attached hydrogen (secondary N) is 1. The first-order chi connectivity index (χ1) is 18.5. The molecule has 0 aromatic carbocycles. The van der Waals surface area contributed by atoms with Gasteiger partial charge in [-0.25, -0.2) is 0 Å². The predicted octanol–water partition coefficient (Wildman–Crippen LogP) is -0.606. The summed E-state index contributed by atoms with van der Waals surface area (Å²) in [5.74, 6) is -2.78. The van der Waals surface area contributed by atoms with Gasteiger partial charge in [-0.3, -0.25) is 42.8 Å². The topological polar surface area (TPSA) is 251 Å². The Balaban J connectivity index is 2.95. The van der Waals surface area contributed by atoms with E-state index in [0.717, 1.165) is 0 Å². The third kappa shape index (κ3) is 17.6. The number of nitrogens with two attached hydrogens (primary N) is 1. The highest BCUT2D eigenvalue weighted by Crippen LogP contribution is 2.44. The third-order valence-corrected chi connectivity index (χ3v) is 11.5. The van der Waals surface area contributed by atoms with Crippen LogP contribution >= 0.6 is 22.1 Å². The second kappa shape index (κ2) is 17.7. The molecule has 1 saturated heterocycles. The van der Waals surface area contributed by atoms with E-state index in [9.17, 15) is 42.8 Å². The molecule has 19 heteroatoms. The van der Waals surface area contributed by atoms with Gasteiger partial charge in [0.2, 0.25) is 28.0 Å². The van der Waals surface area contributed by atoms with Crippen molar-refractivity contribution in [2.75, 3.05) is 89.7 Å². The molecule has 3 atom stereocenters. The Morgan fingerprint density at radius 1 is 0.650 bits per heavy atom. The van der Waals surface area contributed by atoms with E-state index >= 15 is 0 Å². The van der Waals surface area contributed by atoms with Gasteiger partial charge in [0, 0.05) is 70.7 Å². The zero-order valence-corrected chi connectivity index (χ0v) is 25.4. The highest BCUT2D eigenvalue weighted by Gasteiger charge is 2.30. The van der Waals surface area contributed by atoms with Crippen LogP contribution in [0.3, 0.4) is 0 Å². The summed E-state index contributed by atoms with van der Waals surface area (Å²) in [6.07, 6.45) is -2.55. The van der Waals surface area contributed by atoms with E-state index in [1.165, 1.54) is 0 Å². The van der Waals surface area contributed by atoms with Crippen molar-refractivity contribution in [3.8, 4) is 0 Å². The van der Waals surface area contributed by atoms with Crippen LogP contribution in [-0.2, 0) is 28.1 Å². The molecule has 3 unspecified atom stereocenters. The van der Waals surface area contributed by atoms with Gasteiger partial charge in [-0.05, 0) is 13.0 Å². The minimum absolute atomic E-state index is 0.154. The van der Waals surface area contributed by atoms with Gasteiger partial charge < -0.3 is 35.9 Å². The minimum atomic E-state index is -3.86. The summed E-state index contributed by atoms with van der Waals surface area (Å²) in [4.78, 5) is 69.8. The number of carboxylic acids is 2. The molecule has 40 heavy (non-hydrogen) atoms. The lowest BCUT2D eigenvalue weighted by molar-refractivity contribution is -0.137. The molecule has 1 fully saturated rings. The molecular formula is C21H44N5O11P3. The Morgan fingerprint density at radius 2 is 0.975 bits per heavy atom. The Morgan fingerprint density at radius 3 is 1.27 bits per heavy atom. The van der Waals surface area contributed by atoms with Gasteiger partial charge in [0.15, 0.2) is 0 Å². The lowest BCUT2D eigenvalue weighted by Gasteiger charge is -2.28. The summed E-state index contributed by atoms with van der Waals surface area (Å²) in [6, 6.07) is 0. The number of hydrogen-bond acceptors (Lipinski definition) is 10. The van der Waals surface area contributed by atoms with Crippen molar-refractivity contribution in [1.29, 1.82) is 0 Å². The van der Waals surface area contributed by atoms with Crippen LogP contribution in [0.15, 0.2) is 0 Å². The summed E-state index contributed by atoms with van der Waals surface area (Å²) in [5, 5.41) is 20.4. The van der Waals surface area contributed by atoms with Gasteiger partial charge in [-0.15, -0.1) is 0 Å². The molecule has 0 aromatic heterocycles. The number of rotatable bonds is 18. The van der Waals surface area contributed by atoms with E-state index in [1.807, 2.05) is 0 Å². The molecule has 1 heterocycles. The first kappa shape index (κ1) is 36.8. The van der Waals surface area contributed by atoms with E-state index in [4.69, 9.17) is 15.9 Å². The van der Waals surface area contributed by atoms with Crippen LogP contribution in [0.25, 0.3) is 0 Å². The van der Waals surface area contributed by atoms with Gasteiger partial charge in [0.05, 0.1) is 31.7 Å². The molecule has 0 spiro atoms. The van der Waals surface area contributed by atoms with Crippen molar-refractivity contribution >= 4 is 40.0 Å². The van der Waals surface area contributed by atoms with Crippen LogP contribution in [0.1, 0.15) is 25.7 Å². The van der Waals surface area contributed by atoms with Crippen LogP contribution < -0.4 is 11.1 Å². The Labute approximate surface area is 234 Å². The fourth-order valence-corrected chi connectivity index (χ4v) is 8.77. The maximum absolute atomic E-state index is 12.9. The van der Waals surface area contributed by atoms with E-state index in [0.29, 0.717) is 19.5 Å². The van der Waals surface area contributed by atoms with Crippen molar-refractivity contribution in [3.63, 3.8) is 0 Å². The maximum atomic E-state index is 12.9. The van der Waals surface area contributed by atoms with Crippen LogP contribution in [0.2, 0.25) is 0 Å². The molecule has 1 rings (SSSR count). The van der Waals surface area contributed by atoms with Gasteiger partial charge in [0.25, 0.3) is 0 Å². The fourth-order valence-electron chi connectivity index (χ4n) is 3.99. The van der Waals surface area contributed by atoms with Gasteiger partial charge in [-0.1, -0.05) is 0 Å². The van der Waals surface area contributed by atoms with Gasteiger partial charge in [-0.2, -0.15) is 0 Å². The summed E-state index contributed by atoms with van der Waals surface area (Å²) >= 11 is 0. The van der Waals surface area contributed by atoms with Crippen LogP contribution in [0, 0.1) is 0 Å². The van der Waals surface area contributed by atoms with E-state index < -0.39 is 59.2 Å². The number of aliphatic carboxylic acids is 2. The third-order valence-electron chi connectivity index (χ3n) is 6.20. The highest BCUT2D eigenvalue weighted by molar-refractivity contribution is 7.58. The van der Waals surface area contributed by atoms with E-state index in [-0.39, 0.29) is 76.6 Å². The van der Waals surface area contributed by atoms with Crippen LogP contribution in [-0.4, -0.2) is 147 Å². The number of carboxylic acid groups (broad SMARTS) is 2. The zero-order valence-electron chi connectivity index (χ0n) is 22.7. The fraction of sp³-hybridized carbons (Fsp3) is 0.857. The van der Waals surface area contributed by atoms with Crippen LogP contribution in [0.4, 0.5) is 0 Å². The number of nitrogens with zero attached hydrogens (tertiary/aromatic N) is 3. The van der Waals surface area contributed by atoms with Crippen molar-refractivity contribution in [2.45, 2.75) is 25.7 Å². The average molecular weight is 636 g/mol. The lowest BCUT2D eigenvalue weighted by Crippen LogP contribution is -2.37. The normalized spacial score (nSPS) is 20.7. The SMILES string of the molecule is NCCCNC(=O)CCP(=O)(O)CN1CCN(CP(=O)(O)CCC(=O)O)CCN(CP(=O)(O)CCC(=O)O)CC1. The Hall–Kier alpha value is -1.18. The first-order valence-electron chi connectivity index (χ1n) is 13.0. The van der Waals surface area contributed by atoms with Gasteiger partial charge in [0.1, 0.15) is 0 Å². The largest absolute Gasteiger partial charge is 0.481 e. The summed E-state index contributed by atoms with van der Waals surface area (Å²) in [5.41, 5.74) is 5.38. The van der Waals surface area contributed by atoms with E-state index in [1.54, 1.807) is 14.7 Å². The van der Waals surface area contributed by atoms with E-state index in [2.05, 4.69) is 5.32 Å². The summed E-state index contributed by atoms with van der Waals surface area (Å²) in [7, 11) is -11.5. The van der Waals surface area contributed by atoms with Crippen molar-refractivity contribution in [1.82, 2.24) is 20.0 Å². The maximum Gasteiger partial charge on any atom is 0.303 e. The Bertz CT molecular complexity index is 934. The molecule has 0 bridgehead atoms. The highest BCUT2D eigenvalue weighted by atomic mass is 31.2. The number of carbonyl (C=O) groups is 3. The molecule has 1 aliphatic rings. The quantitative estimate of drug-likeness (QED) is 0.0733. The molecule has 16 nitrogen and oxygen atoms in total. The molecule has 0 aliphatic carbocycles. The predicted molar refractivity (Wildman–Crippen MR) is 149 cm³/mol. The molecule has 0 aromatic rings. The summed E-state index contributed by atoms with van der Waals surface area (Å²) in [6.45, 7) is 2.02. The number of amides is 1. The molecule has 8 N–H and O–H groups in total.